The van der Waals surface area contributed by atoms with Crippen molar-refractivity contribution in [2.24, 2.45) is 13.0 Å². The van der Waals surface area contributed by atoms with Crippen molar-refractivity contribution in [3.05, 3.63) is 18.2 Å². The summed E-state index contributed by atoms with van der Waals surface area (Å²) >= 11 is 0. The molecule has 1 aromatic heterocycles. The van der Waals surface area contributed by atoms with Crippen molar-refractivity contribution in [1.29, 1.82) is 0 Å². The van der Waals surface area contributed by atoms with E-state index in [2.05, 4.69) is 42.7 Å². The van der Waals surface area contributed by atoms with Gasteiger partial charge in [-0.1, -0.05) is 33.6 Å². The van der Waals surface area contributed by atoms with Gasteiger partial charge in [0, 0.05) is 31.9 Å². The standard InChI is InChI=1S/C16H31N3/c1-5-8-14(9-6-2)15(17-7-3)10-11-16-18-12-13-19(16)4/h12-15,17H,5-11H2,1-4H3. The maximum absolute atomic E-state index is 4.43. The van der Waals surface area contributed by atoms with Gasteiger partial charge in [0.15, 0.2) is 0 Å². The van der Waals surface area contributed by atoms with Crippen LogP contribution in [0.3, 0.4) is 0 Å². The number of rotatable bonds is 10. The third-order valence-corrected chi connectivity index (χ3v) is 3.95. The van der Waals surface area contributed by atoms with Gasteiger partial charge in [0.05, 0.1) is 0 Å². The summed E-state index contributed by atoms with van der Waals surface area (Å²) in [5.74, 6) is 2.02. The molecule has 0 bridgehead atoms. The maximum atomic E-state index is 4.43. The van der Waals surface area contributed by atoms with E-state index in [1.54, 1.807) is 0 Å². The minimum absolute atomic E-state index is 0.640. The number of nitrogens with one attached hydrogen (secondary N) is 1. The first-order valence-electron chi connectivity index (χ1n) is 7.92. The SMILES string of the molecule is CCCC(CCC)C(CCc1nccn1C)NCC. The molecule has 110 valence electrons. The molecule has 0 radical (unpaired) electrons. The molecule has 1 aromatic rings. The molecule has 19 heavy (non-hydrogen) atoms. The number of hydrogen-bond donors (Lipinski definition) is 1. The van der Waals surface area contributed by atoms with Crippen LogP contribution in [0, 0.1) is 5.92 Å². The van der Waals surface area contributed by atoms with Crippen LogP contribution in [-0.4, -0.2) is 22.1 Å². The van der Waals surface area contributed by atoms with Crippen LogP contribution in [0.4, 0.5) is 0 Å². The summed E-state index contributed by atoms with van der Waals surface area (Å²) in [5, 5.41) is 3.70. The minimum atomic E-state index is 0.640. The van der Waals surface area contributed by atoms with Gasteiger partial charge in [0.25, 0.3) is 0 Å². The quantitative estimate of drug-likeness (QED) is 0.701. The van der Waals surface area contributed by atoms with Gasteiger partial charge in [0.1, 0.15) is 5.82 Å². The molecule has 0 saturated heterocycles. The second kappa shape index (κ2) is 9.13. The highest BCUT2D eigenvalue weighted by Crippen LogP contribution is 2.21. The highest BCUT2D eigenvalue weighted by Gasteiger charge is 2.19. The number of imidazole rings is 1. The Hall–Kier alpha value is -0.830. The number of aromatic nitrogens is 2. The first kappa shape index (κ1) is 16.2. The van der Waals surface area contributed by atoms with E-state index < -0.39 is 0 Å². The molecule has 0 spiro atoms. The largest absolute Gasteiger partial charge is 0.338 e. The summed E-state index contributed by atoms with van der Waals surface area (Å²) in [5.41, 5.74) is 0. The van der Waals surface area contributed by atoms with Gasteiger partial charge in [-0.05, 0) is 31.7 Å². The normalized spacial score (nSPS) is 13.1. The van der Waals surface area contributed by atoms with Crippen molar-refractivity contribution in [2.75, 3.05) is 6.54 Å². The molecule has 0 aliphatic rings. The second-order valence-electron chi connectivity index (χ2n) is 5.49. The van der Waals surface area contributed by atoms with Gasteiger partial charge in [-0.2, -0.15) is 0 Å². The molecule has 1 unspecified atom stereocenters. The summed E-state index contributed by atoms with van der Waals surface area (Å²) in [6.45, 7) is 7.87. The van der Waals surface area contributed by atoms with E-state index in [1.165, 1.54) is 37.9 Å². The van der Waals surface area contributed by atoms with E-state index in [0.717, 1.165) is 18.9 Å². The summed E-state index contributed by atoms with van der Waals surface area (Å²) in [7, 11) is 2.08. The molecule has 1 rings (SSSR count). The van der Waals surface area contributed by atoms with Gasteiger partial charge in [-0.25, -0.2) is 4.98 Å². The van der Waals surface area contributed by atoms with Crippen LogP contribution in [-0.2, 0) is 13.5 Å². The Kier molecular flexibility index (Phi) is 7.80. The van der Waals surface area contributed by atoms with E-state index in [-0.39, 0.29) is 0 Å². The van der Waals surface area contributed by atoms with Crippen LogP contribution in [0.15, 0.2) is 12.4 Å². The lowest BCUT2D eigenvalue weighted by Crippen LogP contribution is -2.36. The first-order valence-corrected chi connectivity index (χ1v) is 7.92. The first-order chi connectivity index (χ1) is 9.22. The van der Waals surface area contributed by atoms with Crippen molar-refractivity contribution in [1.82, 2.24) is 14.9 Å². The summed E-state index contributed by atoms with van der Waals surface area (Å²) in [4.78, 5) is 4.43. The Labute approximate surface area is 118 Å². The molecule has 0 fully saturated rings. The Bertz CT molecular complexity index is 326. The third kappa shape index (κ3) is 5.35. The predicted octanol–water partition coefficient (Wildman–Crippen LogP) is 3.55. The molecule has 3 nitrogen and oxygen atoms in total. The Morgan fingerprint density at radius 1 is 1.16 bits per heavy atom. The van der Waals surface area contributed by atoms with Gasteiger partial charge in [-0.3, -0.25) is 0 Å². The van der Waals surface area contributed by atoms with Crippen LogP contribution in [0.1, 0.15) is 58.7 Å². The van der Waals surface area contributed by atoms with Crippen LogP contribution >= 0.6 is 0 Å². The predicted molar refractivity (Wildman–Crippen MR) is 82.3 cm³/mol. The summed E-state index contributed by atoms with van der Waals surface area (Å²) in [6, 6.07) is 0.640. The van der Waals surface area contributed by atoms with E-state index in [1.807, 2.05) is 12.4 Å². The van der Waals surface area contributed by atoms with E-state index in [9.17, 15) is 0 Å². The zero-order valence-electron chi connectivity index (χ0n) is 13.2. The van der Waals surface area contributed by atoms with Crippen molar-refractivity contribution in [3.63, 3.8) is 0 Å². The summed E-state index contributed by atoms with van der Waals surface area (Å²) in [6.07, 6.45) is 11.5. The van der Waals surface area contributed by atoms with Crippen molar-refractivity contribution < 1.29 is 0 Å². The molecule has 1 N–H and O–H groups in total. The molecule has 0 aliphatic heterocycles. The van der Waals surface area contributed by atoms with Crippen LogP contribution in [0.2, 0.25) is 0 Å². The molecule has 0 aliphatic carbocycles. The lowest BCUT2D eigenvalue weighted by atomic mass is 9.87. The fourth-order valence-corrected chi connectivity index (χ4v) is 2.98. The van der Waals surface area contributed by atoms with Crippen molar-refractivity contribution in [3.8, 4) is 0 Å². The van der Waals surface area contributed by atoms with Crippen LogP contribution < -0.4 is 5.32 Å². The average molecular weight is 265 g/mol. The lowest BCUT2D eigenvalue weighted by molar-refractivity contribution is 0.298. The molecule has 1 atom stereocenters. The van der Waals surface area contributed by atoms with Crippen molar-refractivity contribution >= 4 is 0 Å². The third-order valence-electron chi connectivity index (χ3n) is 3.95. The zero-order valence-corrected chi connectivity index (χ0v) is 13.2. The van der Waals surface area contributed by atoms with Gasteiger partial charge >= 0.3 is 0 Å². The van der Waals surface area contributed by atoms with Crippen LogP contribution in [0.5, 0.6) is 0 Å². The lowest BCUT2D eigenvalue weighted by Gasteiger charge is -2.27. The summed E-state index contributed by atoms with van der Waals surface area (Å²) < 4.78 is 2.14. The Balaban J connectivity index is 2.56. The number of nitrogens with zero attached hydrogens (tertiary/aromatic N) is 2. The average Bonchev–Trinajstić information content (AvgIpc) is 2.80. The minimum Gasteiger partial charge on any atom is -0.338 e. The van der Waals surface area contributed by atoms with E-state index in [4.69, 9.17) is 0 Å². The molecular weight excluding hydrogens is 234 g/mol. The molecular formula is C16H31N3. The van der Waals surface area contributed by atoms with Crippen molar-refractivity contribution in [2.45, 2.75) is 65.3 Å². The van der Waals surface area contributed by atoms with E-state index in [0.29, 0.717) is 6.04 Å². The fraction of sp³-hybridized carbons (Fsp3) is 0.812. The maximum Gasteiger partial charge on any atom is 0.108 e. The molecule has 1 heterocycles. The molecule has 0 saturated carbocycles. The molecule has 0 aromatic carbocycles. The highest BCUT2D eigenvalue weighted by molar-refractivity contribution is 4.92. The smallest absolute Gasteiger partial charge is 0.108 e. The number of hydrogen-bond acceptors (Lipinski definition) is 2. The Morgan fingerprint density at radius 3 is 2.32 bits per heavy atom. The number of aryl methyl sites for hydroxylation is 2. The van der Waals surface area contributed by atoms with Gasteiger partial charge in [0.2, 0.25) is 0 Å². The molecule has 3 heteroatoms. The highest BCUT2D eigenvalue weighted by atomic mass is 15.0. The zero-order chi connectivity index (χ0) is 14.1. The fourth-order valence-electron chi connectivity index (χ4n) is 2.98. The van der Waals surface area contributed by atoms with Gasteiger partial charge in [-0.15, -0.1) is 0 Å². The van der Waals surface area contributed by atoms with Gasteiger partial charge < -0.3 is 9.88 Å². The van der Waals surface area contributed by atoms with E-state index >= 15 is 0 Å². The second-order valence-corrected chi connectivity index (χ2v) is 5.49. The Morgan fingerprint density at radius 2 is 1.84 bits per heavy atom. The molecule has 0 amide bonds. The topological polar surface area (TPSA) is 29.9 Å². The van der Waals surface area contributed by atoms with Crippen LogP contribution in [0.25, 0.3) is 0 Å². The monoisotopic (exact) mass is 265 g/mol.